The quantitative estimate of drug-likeness (QED) is 0.409. The Hall–Kier alpha value is -3.28. The zero-order valence-corrected chi connectivity index (χ0v) is 17.7. The van der Waals surface area contributed by atoms with Crippen LogP contribution in [-0.2, 0) is 31.9 Å². The largest absolute Gasteiger partial charge is 0.481 e. The third-order valence-electron chi connectivity index (χ3n) is 5.09. The number of rotatable bonds is 8. The fourth-order valence-electron chi connectivity index (χ4n) is 3.38. The molecule has 0 saturated carbocycles. The maximum absolute atomic E-state index is 11.7. The van der Waals surface area contributed by atoms with Crippen LogP contribution in [0, 0.1) is 0 Å². The molecular formula is C24H26O6. The fraction of sp³-hybridized carbons (Fsp3) is 0.333. The van der Waals surface area contributed by atoms with Crippen LogP contribution in [0.5, 0.6) is 11.5 Å². The summed E-state index contributed by atoms with van der Waals surface area (Å²) in [5.74, 6) is 0.265. The number of fused-ring (bicyclic) bond motifs is 2. The standard InChI is InChI=1S/C24H26O6/c1-5-15-7-9-17-19(11-15)23(29-13-21(25)27-3)18-10-8-16(6-2)12-20(18)24(17)30-14-22(26)28-4/h7-12H,5-6,13-14H2,1-4H3. The number of esters is 2. The summed E-state index contributed by atoms with van der Waals surface area (Å²) >= 11 is 0. The smallest absolute Gasteiger partial charge is 0.343 e. The molecule has 0 bridgehead atoms. The fourth-order valence-corrected chi connectivity index (χ4v) is 3.38. The normalized spacial score (nSPS) is 10.8. The highest BCUT2D eigenvalue weighted by molar-refractivity contribution is 6.11. The molecule has 0 aliphatic carbocycles. The molecule has 0 N–H and O–H groups in total. The number of aryl methyl sites for hydroxylation is 2. The minimum absolute atomic E-state index is 0.199. The molecule has 0 radical (unpaired) electrons. The highest BCUT2D eigenvalue weighted by Gasteiger charge is 2.19. The van der Waals surface area contributed by atoms with Crippen LogP contribution >= 0.6 is 0 Å². The Morgan fingerprint density at radius 2 is 1.07 bits per heavy atom. The van der Waals surface area contributed by atoms with Crippen molar-refractivity contribution < 1.29 is 28.5 Å². The van der Waals surface area contributed by atoms with E-state index >= 15 is 0 Å². The van der Waals surface area contributed by atoms with Crippen LogP contribution < -0.4 is 9.47 Å². The molecule has 0 aliphatic heterocycles. The van der Waals surface area contributed by atoms with Gasteiger partial charge in [0, 0.05) is 21.5 Å². The predicted octanol–water partition coefficient (Wildman–Crippen LogP) is 4.22. The van der Waals surface area contributed by atoms with Gasteiger partial charge in [0.05, 0.1) is 14.2 Å². The molecule has 0 aromatic heterocycles. The molecule has 3 aromatic carbocycles. The van der Waals surface area contributed by atoms with E-state index in [4.69, 9.17) is 18.9 Å². The van der Waals surface area contributed by atoms with E-state index in [0.717, 1.165) is 45.5 Å². The first-order chi connectivity index (χ1) is 14.5. The van der Waals surface area contributed by atoms with E-state index < -0.39 is 11.9 Å². The molecule has 3 aromatic rings. The molecule has 158 valence electrons. The molecule has 0 saturated heterocycles. The van der Waals surface area contributed by atoms with Gasteiger partial charge in [-0.25, -0.2) is 9.59 Å². The molecule has 6 nitrogen and oxygen atoms in total. The van der Waals surface area contributed by atoms with Gasteiger partial charge in [0.25, 0.3) is 0 Å². The summed E-state index contributed by atoms with van der Waals surface area (Å²) in [6.07, 6.45) is 1.69. The van der Waals surface area contributed by atoms with Crippen molar-refractivity contribution in [1.29, 1.82) is 0 Å². The average Bonchev–Trinajstić information content (AvgIpc) is 2.79. The van der Waals surface area contributed by atoms with Crippen molar-refractivity contribution in [3.05, 3.63) is 47.5 Å². The van der Waals surface area contributed by atoms with Crippen molar-refractivity contribution in [2.75, 3.05) is 27.4 Å². The minimum Gasteiger partial charge on any atom is -0.481 e. The lowest BCUT2D eigenvalue weighted by atomic mass is 9.96. The molecule has 0 amide bonds. The van der Waals surface area contributed by atoms with E-state index in [0.29, 0.717) is 11.5 Å². The molecule has 0 fully saturated rings. The number of carbonyl (C=O) groups excluding carboxylic acids is 2. The third kappa shape index (κ3) is 4.32. The molecule has 3 rings (SSSR count). The summed E-state index contributed by atoms with van der Waals surface area (Å²) in [5, 5.41) is 3.23. The van der Waals surface area contributed by atoms with Crippen molar-refractivity contribution in [2.45, 2.75) is 26.7 Å². The van der Waals surface area contributed by atoms with Crippen LogP contribution in [0.1, 0.15) is 25.0 Å². The molecule has 0 unspecified atom stereocenters. The molecule has 6 heteroatoms. The van der Waals surface area contributed by atoms with Gasteiger partial charge in [-0.05, 0) is 36.1 Å². The Morgan fingerprint density at radius 3 is 1.40 bits per heavy atom. The zero-order valence-electron chi connectivity index (χ0n) is 17.7. The van der Waals surface area contributed by atoms with E-state index in [9.17, 15) is 9.59 Å². The number of ether oxygens (including phenoxy) is 4. The van der Waals surface area contributed by atoms with Crippen molar-refractivity contribution >= 4 is 33.5 Å². The van der Waals surface area contributed by atoms with Crippen LogP contribution in [0.4, 0.5) is 0 Å². The molecular weight excluding hydrogens is 384 g/mol. The van der Waals surface area contributed by atoms with E-state index in [-0.39, 0.29) is 13.2 Å². The Labute approximate surface area is 175 Å². The second-order valence-corrected chi connectivity index (χ2v) is 6.85. The average molecular weight is 410 g/mol. The molecule has 0 heterocycles. The van der Waals surface area contributed by atoms with E-state index in [1.165, 1.54) is 14.2 Å². The lowest BCUT2D eigenvalue weighted by Crippen LogP contribution is -2.14. The molecule has 0 atom stereocenters. The Morgan fingerprint density at radius 1 is 0.667 bits per heavy atom. The second-order valence-electron chi connectivity index (χ2n) is 6.85. The Balaban J connectivity index is 2.30. The SMILES string of the molecule is CCc1ccc2c(OCC(=O)OC)c3cc(CC)ccc3c(OCC(=O)OC)c2c1. The first-order valence-corrected chi connectivity index (χ1v) is 9.92. The molecule has 0 aliphatic rings. The summed E-state index contributed by atoms with van der Waals surface area (Å²) in [5.41, 5.74) is 2.24. The summed E-state index contributed by atoms with van der Waals surface area (Å²) in [6, 6.07) is 12.0. The van der Waals surface area contributed by atoms with Crippen LogP contribution in [0.15, 0.2) is 36.4 Å². The van der Waals surface area contributed by atoms with Gasteiger partial charge in [-0.3, -0.25) is 0 Å². The van der Waals surface area contributed by atoms with Crippen LogP contribution in [0.25, 0.3) is 21.5 Å². The second kappa shape index (κ2) is 9.48. The maximum Gasteiger partial charge on any atom is 0.343 e. The Bertz CT molecular complexity index is 999. The topological polar surface area (TPSA) is 71.1 Å². The van der Waals surface area contributed by atoms with Crippen LogP contribution in [0.3, 0.4) is 0 Å². The van der Waals surface area contributed by atoms with Crippen LogP contribution in [0.2, 0.25) is 0 Å². The van der Waals surface area contributed by atoms with Gasteiger partial charge >= 0.3 is 11.9 Å². The molecule has 0 spiro atoms. The van der Waals surface area contributed by atoms with E-state index in [2.05, 4.69) is 13.8 Å². The van der Waals surface area contributed by atoms with Gasteiger partial charge < -0.3 is 18.9 Å². The first kappa shape index (κ1) is 21.4. The van der Waals surface area contributed by atoms with Gasteiger partial charge in [-0.1, -0.05) is 38.1 Å². The Kier molecular flexibility index (Phi) is 6.77. The van der Waals surface area contributed by atoms with Gasteiger partial charge in [0.2, 0.25) is 0 Å². The number of carbonyl (C=O) groups is 2. The van der Waals surface area contributed by atoms with Gasteiger partial charge in [-0.2, -0.15) is 0 Å². The van der Waals surface area contributed by atoms with Crippen molar-refractivity contribution in [3.8, 4) is 11.5 Å². The van der Waals surface area contributed by atoms with E-state index in [1.54, 1.807) is 0 Å². The zero-order chi connectivity index (χ0) is 21.7. The number of methoxy groups -OCH3 is 2. The molecule has 30 heavy (non-hydrogen) atoms. The predicted molar refractivity (Wildman–Crippen MR) is 115 cm³/mol. The van der Waals surface area contributed by atoms with E-state index in [1.807, 2.05) is 36.4 Å². The van der Waals surface area contributed by atoms with Crippen molar-refractivity contribution in [2.24, 2.45) is 0 Å². The highest BCUT2D eigenvalue weighted by atomic mass is 16.6. The van der Waals surface area contributed by atoms with Gasteiger partial charge in [0.15, 0.2) is 13.2 Å². The lowest BCUT2D eigenvalue weighted by molar-refractivity contribution is -0.143. The maximum atomic E-state index is 11.7. The van der Waals surface area contributed by atoms with Gasteiger partial charge in [-0.15, -0.1) is 0 Å². The van der Waals surface area contributed by atoms with Crippen LogP contribution in [-0.4, -0.2) is 39.4 Å². The van der Waals surface area contributed by atoms with Crippen molar-refractivity contribution in [1.82, 2.24) is 0 Å². The highest BCUT2D eigenvalue weighted by Crippen LogP contribution is 2.43. The number of hydrogen-bond acceptors (Lipinski definition) is 6. The van der Waals surface area contributed by atoms with Crippen molar-refractivity contribution in [3.63, 3.8) is 0 Å². The summed E-state index contributed by atoms with van der Waals surface area (Å²) < 4.78 is 21.4. The summed E-state index contributed by atoms with van der Waals surface area (Å²) in [6.45, 7) is 3.74. The summed E-state index contributed by atoms with van der Waals surface area (Å²) in [4.78, 5) is 23.5. The first-order valence-electron chi connectivity index (χ1n) is 9.92. The monoisotopic (exact) mass is 410 g/mol. The number of benzene rings is 3. The lowest BCUT2D eigenvalue weighted by Gasteiger charge is -2.18. The van der Waals surface area contributed by atoms with Gasteiger partial charge in [0.1, 0.15) is 11.5 Å². The summed E-state index contributed by atoms with van der Waals surface area (Å²) in [7, 11) is 2.66. The third-order valence-corrected chi connectivity index (χ3v) is 5.09. The number of hydrogen-bond donors (Lipinski definition) is 0. The minimum atomic E-state index is -0.459.